The van der Waals surface area contributed by atoms with Gasteiger partial charge in [0.15, 0.2) is 11.3 Å². The van der Waals surface area contributed by atoms with E-state index < -0.39 is 5.97 Å². The average Bonchev–Trinajstić information content (AvgIpc) is 2.11. The Kier molecular flexibility index (Phi) is 17.0. The lowest BCUT2D eigenvalue weighted by Gasteiger charge is -1.98. The van der Waals surface area contributed by atoms with E-state index in [1.807, 2.05) is 74.8 Å². The fourth-order valence-electron chi connectivity index (χ4n) is 9.48. The maximum atomic E-state index is 13.3. The minimum absolute atomic E-state index is 0.154. The summed E-state index contributed by atoms with van der Waals surface area (Å²) in [6.45, 7) is 0. The van der Waals surface area contributed by atoms with Crippen molar-refractivity contribution in [1.82, 2.24) is 69.7 Å². The van der Waals surface area contributed by atoms with Crippen LogP contribution in [0.3, 0.4) is 0 Å². The first-order valence-corrected chi connectivity index (χ1v) is 27.3. The van der Waals surface area contributed by atoms with E-state index in [9.17, 15) is 27.6 Å². The molecule has 15 aromatic rings. The molecule has 0 fully saturated rings. The number of nitrogens with one attached hydrogen (secondary N) is 2. The molecule has 10 aromatic heterocycles. The van der Waals surface area contributed by atoms with Crippen LogP contribution in [0, 0.1) is 23.3 Å². The van der Waals surface area contributed by atoms with Crippen molar-refractivity contribution >= 4 is 84.3 Å². The first-order valence-electron chi connectivity index (χ1n) is 26.6. The molecule has 0 atom stereocenters. The smallest absolute Gasteiger partial charge is 0.337 e. The molecule has 0 amide bonds. The predicted molar refractivity (Wildman–Crippen MR) is 327 cm³/mol. The third-order valence-electron chi connectivity index (χ3n) is 13.5. The predicted octanol–water partition coefficient (Wildman–Crippen LogP) is 13.8. The molecule has 0 aliphatic carbocycles. The number of carboxylic acids is 1. The third-order valence-corrected chi connectivity index (χ3v) is 14.0. The van der Waals surface area contributed by atoms with E-state index in [0.29, 0.717) is 77.4 Å². The minimum atomic E-state index is -0.996. The van der Waals surface area contributed by atoms with Crippen molar-refractivity contribution in [3.8, 4) is 56.3 Å². The summed E-state index contributed by atoms with van der Waals surface area (Å²) in [5.74, 6) is -2.19. The largest absolute Gasteiger partial charge is 0.478 e. The number of carboxylic acid groups (broad SMARTS) is 1. The van der Waals surface area contributed by atoms with Crippen LogP contribution in [0.15, 0.2) is 201 Å². The molecule has 10 heterocycles. The maximum Gasteiger partial charge on any atom is 0.337 e. The van der Waals surface area contributed by atoms with Gasteiger partial charge in [-0.15, -0.1) is 0 Å². The first kappa shape index (κ1) is 58.5. The van der Waals surface area contributed by atoms with Crippen LogP contribution in [0.1, 0.15) is 10.4 Å². The highest BCUT2D eigenvalue weighted by atomic mass is 35.5. The van der Waals surface area contributed by atoms with Gasteiger partial charge in [-0.1, -0.05) is 102 Å². The Morgan fingerprint density at radius 1 is 0.500 bits per heavy atom. The molecule has 0 unspecified atom stereocenters. The zero-order valence-corrected chi connectivity index (χ0v) is 47.9. The van der Waals surface area contributed by atoms with E-state index in [-0.39, 0.29) is 28.8 Å². The average molecular weight is 1220 g/mol. The van der Waals surface area contributed by atoms with Crippen LogP contribution in [-0.2, 0) is 21.1 Å². The molecule has 0 saturated carbocycles. The summed E-state index contributed by atoms with van der Waals surface area (Å²) in [6, 6.07) is 50.6. The minimum Gasteiger partial charge on any atom is -0.478 e. The van der Waals surface area contributed by atoms with Crippen LogP contribution in [-0.4, -0.2) is 86.0 Å². The lowest BCUT2D eigenvalue weighted by Crippen LogP contribution is -2.29. The van der Waals surface area contributed by atoms with Gasteiger partial charge in [-0.05, 0) is 97.1 Å². The summed E-state index contributed by atoms with van der Waals surface area (Å²) in [6.07, 6.45) is 4.54. The normalized spacial score (nSPS) is 10.9. The fourth-order valence-corrected chi connectivity index (χ4v) is 9.77. The summed E-state index contributed by atoms with van der Waals surface area (Å²) in [5.41, 5.74) is 13.6. The molecule has 24 heteroatoms. The summed E-state index contributed by atoms with van der Waals surface area (Å²) >= 11 is 11.7. The quantitative estimate of drug-likeness (QED) is 0.0528. The highest BCUT2D eigenvalue weighted by molar-refractivity contribution is 6.30. The van der Waals surface area contributed by atoms with Crippen LogP contribution < -0.4 is 4.73 Å². The van der Waals surface area contributed by atoms with E-state index in [4.69, 9.17) is 28.3 Å². The van der Waals surface area contributed by atoms with Gasteiger partial charge in [0.25, 0.3) is 0 Å². The first-order chi connectivity index (χ1) is 42.6. The molecule has 4 N–H and O–H groups in total. The Hall–Kier alpha value is -11.2. The third kappa shape index (κ3) is 12.7. The molecule has 15 rings (SSSR count). The van der Waals surface area contributed by atoms with Crippen molar-refractivity contribution in [2.24, 2.45) is 21.1 Å². The Balaban J connectivity index is 0.000000114. The lowest BCUT2D eigenvalue weighted by molar-refractivity contribution is -0.884. The number of aryl methyl sites for hydroxylation is 3. The molecule has 0 aliphatic heterocycles. The highest BCUT2D eigenvalue weighted by Gasteiger charge is 2.22. The second kappa shape index (κ2) is 25.5. The number of H-pyrrole nitrogens is 2. The van der Waals surface area contributed by atoms with Crippen molar-refractivity contribution in [3.63, 3.8) is 0 Å². The Labute approximate surface area is 506 Å². The van der Waals surface area contributed by atoms with Crippen LogP contribution in [0.2, 0.25) is 10.3 Å². The van der Waals surface area contributed by atoms with Crippen LogP contribution in [0.5, 0.6) is 0 Å². The number of nitrogens with zero attached hydrogens (tertiary/aromatic N) is 13. The van der Waals surface area contributed by atoms with E-state index >= 15 is 0 Å². The van der Waals surface area contributed by atoms with Crippen molar-refractivity contribution < 1.29 is 37.4 Å². The van der Waals surface area contributed by atoms with Gasteiger partial charge >= 0.3 is 11.5 Å². The Morgan fingerprint density at radius 3 is 1.61 bits per heavy atom. The number of aromatic amines is 2. The molecule has 18 nitrogen and oxygen atoms in total. The number of pyridine rings is 5. The van der Waals surface area contributed by atoms with Gasteiger partial charge in [0.05, 0.1) is 27.8 Å². The van der Waals surface area contributed by atoms with Gasteiger partial charge in [0, 0.05) is 77.5 Å². The Bertz CT molecular complexity index is 5030. The molecule has 436 valence electrons. The highest BCUT2D eigenvalue weighted by Crippen LogP contribution is 2.31. The fraction of sp³-hybridized carbons (Fsp3) is 0.0469. The number of carbonyl (C=O) groups is 1. The van der Waals surface area contributed by atoms with Gasteiger partial charge in [-0.25, -0.2) is 37.3 Å². The number of halogens is 6. The maximum absolute atomic E-state index is 13.3. The zero-order valence-electron chi connectivity index (χ0n) is 46.4. The molecule has 0 aliphatic rings. The van der Waals surface area contributed by atoms with Crippen molar-refractivity contribution in [3.05, 3.63) is 240 Å². The molecular weight excluding hydrogens is 1170 g/mol. The standard InChI is InChI=1S/C13H9ClFN3.C13H11FN3O.C13H10FN3.C13H9N3O2.C12H7ClFN3/c1-18-10-5-6-11(14)16-13(10)12(17-18)8-3-2-4-9(15)7-8;1-16-11-6-3-7-17(18)13(11)12(15-16)9-4-2-5-10(14)8-9;1-17-11-6-3-7-15-13(11)12(16-17)9-4-2-5-10(14)8-9;17-13(18)9-6-10-11(8-4-2-1-3-5-8)15-16-12(10)14-7-9;13-10-5-4-9-12(15-10)11(17-16-9)7-2-1-3-8(14)6-7/h2-7H,1H3;2-8,18H,1H3;2-8H,1H3;1-7H,(H,17,18)(H,14,15,16);1-6H,(H,16,17)/q;+1;;;. The second-order valence-corrected chi connectivity index (χ2v) is 20.2. The molecular formula is C64H46Cl2F4N15O3+. The van der Waals surface area contributed by atoms with E-state index in [1.54, 1.807) is 100 Å². The van der Waals surface area contributed by atoms with Crippen LogP contribution in [0.25, 0.3) is 111 Å². The number of aromatic carboxylic acids is 1. The molecule has 0 radical (unpaired) electrons. The molecule has 0 bridgehead atoms. The lowest BCUT2D eigenvalue weighted by atomic mass is 10.1. The SMILES string of the molecule is Cn1nc(-c2cccc(F)c2)c2c1ccc[n+]2O.Cn1nc(-c2cccc(F)c2)c2nc(Cl)ccc21.Cn1nc(-c2cccc(F)c2)c2ncccc21.Fc1cccc(-c2n[nH]c3ccc(Cl)nc23)c1.O=C(O)c1cnc2n[nH]c(-c3ccccc3)c2c1. The van der Waals surface area contributed by atoms with Crippen molar-refractivity contribution in [1.29, 1.82) is 0 Å². The van der Waals surface area contributed by atoms with Gasteiger partial charge in [-0.3, -0.25) is 34.4 Å². The molecule has 5 aromatic carbocycles. The van der Waals surface area contributed by atoms with Gasteiger partial charge in [-0.2, -0.15) is 25.5 Å². The van der Waals surface area contributed by atoms with Crippen LogP contribution in [0.4, 0.5) is 17.6 Å². The summed E-state index contributed by atoms with van der Waals surface area (Å²) < 4.78 is 59.0. The van der Waals surface area contributed by atoms with E-state index in [0.717, 1.165) is 49.1 Å². The topological polar surface area (TPSA) is 224 Å². The number of benzene rings is 5. The summed E-state index contributed by atoms with van der Waals surface area (Å²) in [4.78, 5) is 27.7. The summed E-state index contributed by atoms with van der Waals surface area (Å²) in [5, 5.41) is 47.4. The molecule has 0 saturated heterocycles. The monoisotopic (exact) mass is 1220 g/mol. The number of rotatable bonds is 6. The molecule has 88 heavy (non-hydrogen) atoms. The van der Waals surface area contributed by atoms with Gasteiger partial charge in [0.2, 0.25) is 6.20 Å². The van der Waals surface area contributed by atoms with E-state index in [1.165, 1.54) is 60.9 Å². The molecule has 0 spiro atoms. The van der Waals surface area contributed by atoms with Gasteiger partial charge in [0.1, 0.15) is 72.7 Å². The van der Waals surface area contributed by atoms with E-state index in [2.05, 4.69) is 55.6 Å². The van der Waals surface area contributed by atoms with Crippen molar-refractivity contribution in [2.75, 3.05) is 0 Å². The van der Waals surface area contributed by atoms with Crippen molar-refractivity contribution in [2.45, 2.75) is 0 Å². The number of fused-ring (bicyclic) bond motifs is 5. The van der Waals surface area contributed by atoms with Crippen LogP contribution >= 0.6 is 23.2 Å². The van der Waals surface area contributed by atoms with Gasteiger partial charge < -0.3 is 5.11 Å². The number of hydrogen-bond donors (Lipinski definition) is 4. The second-order valence-electron chi connectivity index (χ2n) is 19.4. The Morgan fingerprint density at radius 2 is 1.01 bits per heavy atom. The zero-order chi connectivity index (χ0) is 61.6. The number of aromatic nitrogens is 15. The summed E-state index contributed by atoms with van der Waals surface area (Å²) in [7, 11) is 5.46. The number of hydrogen-bond acceptors (Lipinski definition) is 11.